The highest BCUT2D eigenvalue weighted by atomic mass is 16.5. The van der Waals surface area contributed by atoms with Gasteiger partial charge in [0.15, 0.2) is 0 Å². The fourth-order valence-electron chi connectivity index (χ4n) is 4.06. The van der Waals surface area contributed by atoms with Crippen LogP contribution in [0.4, 0.5) is 0 Å². The minimum Gasteiger partial charge on any atom is -0.469 e. The van der Waals surface area contributed by atoms with Crippen LogP contribution in [-0.4, -0.2) is 48.7 Å². The zero-order chi connectivity index (χ0) is 22.0. The first-order valence-corrected chi connectivity index (χ1v) is 11.9. The molecule has 0 aliphatic heterocycles. The van der Waals surface area contributed by atoms with E-state index in [9.17, 15) is 9.90 Å². The smallest absolute Gasteiger partial charge is 0.305 e. The molecule has 1 aliphatic carbocycles. The molecule has 5 nitrogen and oxygen atoms in total. The summed E-state index contributed by atoms with van der Waals surface area (Å²) < 4.78 is 10.8. The zero-order valence-electron chi connectivity index (χ0n) is 19.1. The third kappa shape index (κ3) is 11.3. The molecule has 1 aliphatic rings. The van der Waals surface area contributed by atoms with Crippen molar-refractivity contribution in [3.8, 4) is 0 Å². The second-order valence-electron chi connectivity index (χ2n) is 8.34. The van der Waals surface area contributed by atoms with Gasteiger partial charge in [-0.25, -0.2) is 0 Å². The lowest BCUT2D eigenvalue weighted by Gasteiger charge is -2.22. The number of carbonyl (C=O) groups excluding carboxylic acids is 1. The van der Waals surface area contributed by atoms with E-state index in [2.05, 4.69) is 36.0 Å². The van der Waals surface area contributed by atoms with Crippen molar-refractivity contribution >= 4 is 5.97 Å². The highest BCUT2D eigenvalue weighted by molar-refractivity contribution is 5.69. The van der Waals surface area contributed by atoms with Gasteiger partial charge in [0.1, 0.15) is 0 Å². The summed E-state index contributed by atoms with van der Waals surface area (Å²) in [6, 6.07) is 0. The van der Waals surface area contributed by atoms with E-state index >= 15 is 0 Å². The van der Waals surface area contributed by atoms with Crippen LogP contribution >= 0.6 is 0 Å². The Bertz CT molecular complexity index is 488. The summed E-state index contributed by atoms with van der Waals surface area (Å²) in [5.74, 6) is 0.261. The van der Waals surface area contributed by atoms with E-state index in [4.69, 9.17) is 9.84 Å². The minimum absolute atomic E-state index is 0.0925. The highest BCUT2D eigenvalue weighted by Gasteiger charge is 2.40. The Morgan fingerprint density at radius 1 is 1.03 bits per heavy atom. The molecule has 0 saturated heterocycles. The molecule has 30 heavy (non-hydrogen) atoms. The standard InChI is InChI=1S/C25H44O5/c1-3-4-19-30-24-20-23(27)21(15-11-8-9-13-17-25(28)29-2)22(24)16-12-7-5-6-10-14-18-26/h8,11-12,16,21-24,26-27H,3-7,9-10,13-15,17-20H2,1-2H3/b11-8-,16-12+/t21?,22-,23+,24-/m1/s1. The third-order valence-corrected chi connectivity index (χ3v) is 5.91. The van der Waals surface area contributed by atoms with Crippen LogP contribution in [0.3, 0.4) is 0 Å². The van der Waals surface area contributed by atoms with Crippen molar-refractivity contribution in [1.29, 1.82) is 0 Å². The minimum atomic E-state index is -0.337. The Kier molecular flexibility index (Phi) is 15.7. The average molecular weight is 425 g/mol. The molecule has 0 heterocycles. The number of carbonyl (C=O) groups is 1. The lowest BCUT2D eigenvalue weighted by molar-refractivity contribution is -0.140. The number of aliphatic hydroxyl groups is 2. The molecule has 1 saturated carbocycles. The number of rotatable bonds is 17. The first-order chi connectivity index (χ1) is 14.6. The molecular weight excluding hydrogens is 380 g/mol. The molecule has 0 bridgehead atoms. The van der Waals surface area contributed by atoms with Crippen molar-refractivity contribution in [2.45, 2.75) is 96.2 Å². The predicted molar refractivity (Wildman–Crippen MR) is 121 cm³/mol. The first kappa shape index (κ1) is 26.9. The van der Waals surface area contributed by atoms with Gasteiger partial charge in [0.2, 0.25) is 0 Å². The van der Waals surface area contributed by atoms with Gasteiger partial charge in [-0.2, -0.15) is 0 Å². The van der Waals surface area contributed by atoms with Gasteiger partial charge < -0.3 is 19.7 Å². The van der Waals surface area contributed by atoms with E-state index in [0.29, 0.717) is 12.8 Å². The van der Waals surface area contributed by atoms with Crippen LogP contribution in [0.5, 0.6) is 0 Å². The molecule has 0 aromatic carbocycles. The molecular formula is C25H44O5. The van der Waals surface area contributed by atoms with Crippen LogP contribution in [-0.2, 0) is 14.3 Å². The van der Waals surface area contributed by atoms with Crippen molar-refractivity contribution in [2.75, 3.05) is 20.3 Å². The highest BCUT2D eigenvalue weighted by Crippen LogP contribution is 2.38. The normalized spacial score (nSPS) is 24.3. The quantitative estimate of drug-likeness (QED) is 0.196. The van der Waals surface area contributed by atoms with Crippen LogP contribution in [0.1, 0.15) is 84.0 Å². The van der Waals surface area contributed by atoms with Gasteiger partial charge >= 0.3 is 5.97 Å². The van der Waals surface area contributed by atoms with Gasteiger partial charge in [-0.1, -0.05) is 50.5 Å². The third-order valence-electron chi connectivity index (χ3n) is 5.91. The number of hydrogen-bond donors (Lipinski definition) is 2. The Morgan fingerprint density at radius 2 is 1.80 bits per heavy atom. The van der Waals surface area contributed by atoms with E-state index in [1.54, 1.807) is 0 Å². The second-order valence-corrected chi connectivity index (χ2v) is 8.34. The van der Waals surface area contributed by atoms with E-state index < -0.39 is 0 Å². The van der Waals surface area contributed by atoms with E-state index in [-0.39, 0.29) is 36.6 Å². The predicted octanol–water partition coefficient (Wildman–Crippen LogP) is 4.96. The molecule has 174 valence electrons. The maximum Gasteiger partial charge on any atom is 0.305 e. The number of hydrogen-bond acceptors (Lipinski definition) is 5. The monoisotopic (exact) mass is 424 g/mol. The summed E-state index contributed by atoms with van der Waals surface area (Å²) in [4.78, 5) is 11.2. The first-order valence-electron chi connectivity index (χ1n) is 11.9. The lowest BCUT2D eigenvalue weighted by Crippen LogP contribution is -2.22. The summed E-state index contributed by atoms with van der Waals surface area (Å²) in [5.41, 5.74) is 0. The molecule has 1 fully saturated rings. The topological polar surface area (TPSA) is 76.0 Å². The maximum atomic E-state index is 11.2. The fraction of sp³-hybridized carbons (Fsp3) is 0.800. The van der Waals surface area contributed by atoms with Gasteiger partial charge in [0, 0.05) is 32.0 Å². The summed E-state index contributed by atoms with van der Waals surface area (Å²) >= 11 is 0. The number of unbranched alkanes of at least 4 members (excludes halogenated alkanes) is 6. The van der Waals surface area contributed by atoms with Gasteiger partial charge in [0.25, 0.3) is 0 Å². The van der Waals surface area contributed by atoms with Crippen molar-refractivity contribution < 1.29 is 24.5 Å². The lowest BCUT2D eigenvalue weighted by atomic mass is 9.89. The molecule has 2 N–H and O–H groups in total. The average Bonchev–Trinajstić information content (AvgIpc) is 3.04. The van der Waals surface area contributed by atoms with Gasteiger partial charge in [0.05, 0.1) is 19.3 Å². The Balaban J connectivity index is 2.53. The van der Waals surface area contributed by atoms with Crippen molar-refractivity contribution in [3.05, 3.63) is 24.3 Å². The molecule has 5 heteroatoms. The SMILES string of the molecule is CCCCO[C@@H]1C[C@H](O)C(C/C=C\CCCC(=O)OC)[C@H]1/C=C/CCCCCCO. The maximum absolute atomic E-state index is 11.2. The zero-order valence-corrected chi connectivity index (χ0v) is 19.1. The van der Waals surface area contributed by atoms with Gasteiger partial charge in [-0.05, 0) is 50.9 Å². The molecule has 4 atom stereocenters. The number of methoxy groups -OCH3 is 1. The molecule has 1 rings (SSSR count). The number of ether oxygens (including phenoxy) is 2. The molecule has 0 aromatic rings. The number of aliphatic hydroxyl groups excluding tert-OH is 2. The van der Waals surface area contributed by atoms with Gasteiger partial charge in [-0.3, -0.25) is 4.79 Å². The number of esters is 1. The van der Waals surface area contributed by atoms with Crippen LogP contribution < -0.4 is 0 Å². The van der Waals surface area contributed by atoms with Crippen molar-refractivity contribution in [1.82, 2.24) is 0 Å². The molecule has 0 radical (unpaired) electrons. The summed E-state index contributed by atoms with van der Waals surface area (Å²) in [5, 5.41) is 19.5. The van der Waals surface area contributed by atoms with Crippen LogP contribution in [0.2, 0.25) is 0 Å². The van der Waals surface area contributed by atoms with Crippen LogP contribution in [0.15, 0.2) is 24.3 Å². The summed E-state index contributed by atoms with van der Waals surface area (Å²) in [7, 11) is 1.42. The van der Waals surface area contributed by atoms with Crippen molar-refractivity contribution in [2.24, 2.45) is 11.8 Å². The van der Waals surface area contributed by atoms with E-state index in [1.165, 1.54) is 7.11 Å². The Morgan fingerprint density at radius 3 is 2.53 bits per heavy atom. The van der Waals surface area contributed by atoms with E-state index in [1.807, 2.05) is 0 Å². The Hall–Kier alpha value is -1.17. The molecule has 0 spiro atoms. The molecule has 1 unspecified atom stereocenters. The molecule has 0 aromatic heterocycles. The second kappa shape index (κ2) is 17.5. The Labute approximate surface area is 183 Å². The molecule has 0 amide bonds. The number of allylic oxidation sites excluding steroid dienone is 3. The van der Waals surface area contributed by atoms with Crippen LogP contribution in [0.25, 0.3) is 0 Å². The van der Waals surface area contributed by atoms with Crippen LogP contribution in [0, 0.1) is 11.8 Å². The van der Waals surface area contributed by atoms with E-state index in [0.717, 1.165) is 70.8 Å². The largest absolute Gasteiger partial charge is 0.469 e. The fourth-order valence-corrected chi connectivity index (χ4v) is 4.06. The van der Waals surface area contributed by atoms with Crippen molar-refractivity contribution in [3.63, 3.8) is 0 Å². The summed E-state index contributed by atoms with van der Waals surface area (Å²) in [6.45, 7) is 3.20. The van der Waals surface area contributed by atoms with Gasteiger partial charge in [-0.15, -0.1) is 0 Å². The summed E-state index contributed by atoms with van der Waals surface area (Å²) in [6.07, 6.45) is 19.6.